The first-order valence-corrected chi connectivity index (χ1v) is 10.3. The predicted molar refractivity (Wildman–Crippen MR) is 109 cm³/mol. The minimum absolute atomic E-state index is 0.0414. The maximum absolute atomic E-state index is 12.4. The number of hydrogen-bond donors (Lipinski definition) is 0. The van der Waals surface area contributed by atoms with Gasteiger partial charge in [-0.05, 0) is 38.8 Å². The molecule has 0 saturated carbocycles. The molecule has 3 rings (SSSR count). The van der Waals surface area contributed by atoms with Crippen LogP contribution < -0.4 is 4.74 Å². The lowest BCUT2D eigenvalue weighted by atomic mass is 10.1. The number of carbonyl (C=O) groups is 2. The van der Waals surface area contributed by atoms with Crippen molar-refractivity contribution in [2.75, 3.05) is 32.8 Å². The van der Waals surface area contributed by atoms with Gasteiger partial charge in [0.2, 0.25) is 0 Å². The molecule has 0 unspecified atom stereocenters. The van der Waals surface area contributed by atoms with Crippen LogP contribution in [0.4, 0.5) is 0 Å². The van der Waals surface area contributed by atoms with Gasteiger partial charge < -0.3 is 14.5 Å². The Morgan fingerprint density at radius 2 is 1.90 bits per heavy atom. The first kappa shape index (κ1) is 21.1. The smallest absolute Gasteiger partial charge is 0.276 e. The van der Waals surface area contributed by atoms with Gasteiger partial charge in [0.25, 0.3) is 11.8 Å². The third-order valence-electron chi connectivity index (χ3n) is 5.16. The number of ether oxygens (including phenoxy) is 1. The van der Waals surface area contributed by atoms with E-state index in [0.717, 1.165) is 12.8 Å². The molecule has 0 spiro atoms. The molecule has 2 heterocycles. The molecule has 0 bridgehead atoms. The zero-order valence-corrected chi connectivity index (χ0v) is 17.5. The second-order valence-corrected chi connectivity index (χ2v) is 7.30. The zero-order chi connectivity index (χ0) is 20.8. The molecule has 29 heavy (non-hydrogen) atoms. The van der Waals surface area contributed by atoms with Crippen molar-refractivity contribution in [3.63, 3.8) is 0 Å². The molecule has 2 amide bonds. The van der Waals surface area contributed by atoms with Gasteiger partial charge in [-0.15, -0.1) is 5.10 Å². The summed E-state index contributed by atoms with van der Waals surface area (Å²) in [5.74, 6) is 0.329. The van der Waals surface area contributed by atoms with E-state index < -0.39 is 0 Å². The quantitative estimate of drug-likeness (QED) is 0.689. The summed E-state index contributed by atoms with van der Waals surface area (Å²) in [7, 11) is 0. The summed E-state index contributed by atoms with van der Waals surface area (Å²) in [6, 6.07) is 7.21. The van der Waals surface area contributed by atoms with Crippen LogP contribution in [0.2, 0.25) is 5.02 Å². The van der Waals surface area contributed by atoms with Gasteiger partial charge in [-0.25, -0.2) is 4.68 Å². The lowest BCUT2D eigenvalue weighted by Gasteiger charge is -2.31. The van der Waals surface area contributed by atoms with Crippen molar-refractivity contribution in [1.29, 1.82) is 0 Å². The van der Waals surface area contributed by atoms with Crippen LogP contribution in [0.25, 0.3) is 0 Å². The standard InChI is InChI=1S/C20H26ClN5O3/c1-3-24(4-2)20(28)17-13-26(23-22-17)15-9-11-25(12-10-15)19(27)14-29-18-8-6-5-7-16(18)21/h5-8,13,15H,3-4,9-12,14H2,1-2H3. The van der Waals surface area contributed by atoms with Gasteiger partial charge in [-0.2, -0.15) is 0 Å². The second kappa shape index (κ2) is 9.73. The Hall–Kier alpha value is -2.61. The summed E-state index contributed by atoms with van der Waals surface area (Å²) >= 11 is 6.05. The highest BCUT2D eigenvalue weighted by Gasteiger charge is 2.26. The molecule has 8 nitrogen and oxygen atoms in total. The molecular weight excluding hydrogens is 394 g/mol. The minimum atomic E-state index is -0.106. The maximum Gasteiger partial charge on any atom is 0.276 e. The molecule has 1 aliphatic heterocycles. The summed E-state index contributed by atoms with van der Waals surface area (Å²) in [4.78, 5) is 28.3. The average Bonchev–Trinajstić information content (AvgIpc) is 3.24. The number of nitrogens with zero attached hydrogens (tertiary/aromatic N) is 5. The van der Waals surface area contributed by atoms with Crippen LogP contribution in [0.3, 0.4) is 0 Å². The summed E-state index contributed by atoms with van der Waals surface area (Å²) < 4.78 is 7.29. The molecule has 1 aliphatic rings. The molecule has 1 aromatic heterocycles. The second-order valence-electron chi connectivity index (χ2n) is 6.89. The first-order chi connectivity index (χ1) is 14.0. The fourth-order valence-electron chi connectivity index (χ4n) is 3.40. The molecular formula is C20H26ClN5O3. The third-order valence-corrected chi connectivity index (χ3v) is 5.47. The van der Waals surface area contributed by atoms with E-state index in [0.29, 0.717) is 42.6 Å². The van der Waals surface area contributed by atoms with Crippen molar-refractivity contribution in [3.8, 4) is 5.75 Å². The Kier molecular flexibility index (Phi) is 7.09. The molecule has 9 heteroatoms. The fraction of sp³-hybridized carbons (Fsp3) is 0.500. The topological polar surface area (TPSA) is 80.6 Å². The van der Waals surface area contributed by atoms with E-state index in [4.69, 9.17) is 16.3 Å². The van der Waals surface area contributed by atoms with E-state index in [2.05, 4.69) is 10.3 Å². The molecule has 0 N–H and O–H groups in total. The van der Waals surface area contributed by atoms with Gasteiger partial charge in [0.15, 0.2) is 12.3 Å². The number of para-hydroxylation sites is 1. The molecule has 0 atom stereocenters. The molecule has 2 aromatic rings. The van der Waals surface area contributed by atoms with Crippen molar-refractivity contribution in [2.24, 2.45) is 0 Å². The highest BCUT2D eigenvalue weighted by atomic mass is 35.5. The molecule has 1 saturated heterocycles. The SMILES string of the molecule is CCN(CC)C(=O)c1cn(C2CCN(C(=O)COc3ccccc3Cl)CC2)nn1. The predicted octanol–water partition coefficient (Wildman–Crippen LogP) is 2.66. The van der Waals surface area contributed by atoms with E-state index >= 15 is 0 Å². The van der Waals surface area contributed by atoms with Gasteiger partial charge in [-0.1, -0.05) is 28.9 Å². The van der Waals surface area contributed by atoms with E-state index in [1.165, 1.54) is 0 Å². The number of carbonyl (C=O) groups excluding carboxylic acids is 2. The molecule has 156 valence electrons. The third kappa shape index (κ3) is 5.06. The van der Waals surface area contributed by atoms with Crippen LogP contribution in [-0.4, -0.2) is 69.4 Å². The van der Waals surface area contributed by atoms with E-state index in [1.807, 2.05) is 26.0 Å². The Labute approximate surface area is 175 Å². The Balaban J connectivity index is 1.51. The van der Waals surface area contributed by atoms with Crippen molar-refractivity contribution >= 4 is 23.4 Å². The number of halogens is 1. The highest BCUT2D eigenvalue weighted by molar-refractivity contribution is 6.32. The number of likely N-dealkylation sites (tertiary alicyclic amines) is 1. The molecule has 1 aromatic carbocycles. The fourth-order valence-corrected chi connectivity index (χ4v) is 3.59. The maximum atomic E-state index is 12.4. The summed E-state index contributed by atoms with van der Waals surface area (Å²) in [5.41, 5.74) is 0.361. The number of rotatable bonds is 7. The van der Waals surface area contributed by atoms with Crippen LogP contribution in [0.15, 0.2) is 30.5 Å². The number of hydrogen-bond acceptors (Lipinski definition) is 5. The monoisotopic (exact) mass is 419 g/mol. The van der Waals surface area contributed by atoms with Crippen molar-refractivity contribution in [3.05, 3.63) is 41.2 Å². The number of piperidine rings is 1. The summed E-state index contributed by atoms with van der Waals surface area (Å²) in [6.45, 7) is 6.32. The molecule has 1 fully saturated rings. The molecule has 0 aliphatic carbocycles. The van der Waals surface area contributed by atoms with Gasteiger partial charge in [0.05, 0.1) is 17.3 Å². The molecule has 0 radical (unpaired) electrons. The zero-order valence-electron chi connectivity index (χ0n) is 16.8. The van der Waals surface area contributed by atoms with Crippen LogP contribution in [-0.2, 0) is 4.79 Å². The van der Waals surface area contributed by atoms with Crippen molar-refractivity contribution < 1.29 is 14.3 Å². The normalized spacial score (nSPS) is 14.7. The van der Waals surface area contributed by atoms with Crippen molar-refractivity contribution in [2.45, 2.75) is 32.7 Å². The first-order valence-electron chi connectivity index (χ1n) is 9.89. The largest absolute Gasteiger partial charge is 0.482 e. The van der Waals surface area contributed by atoms with Crippen LogP contribution in [0.5, 0.6) is 5.75 Å². The average molecular weight is 420 g/mol. The van der Waals surface area contributed by atoms with E-state index in [9.17, 15) is 9.59 Å². The number of aromatic nitrogens is 3. The van der Waals surface area contributed by atoms with E-state index in [-0.39, 0.29) is 24.5 Å². The Morgan fingerprint density at radius 1 is 1.21 bits per heavy atom. The van der Waals surface area contributed by atoms with E-state index in [1.54, 1.807) is 32.8 Å². The van der Waals surface area contributed by atoms with Crippen LogP contribution in [0, 0.1) is 0 Å². The highest BCUT2D eigenvalue weighted by Crippen LogP contribution is 2.24. The van der Waals surface area contributed by atoms with Gasteiger partial charge in [-0.3, -0.25) is 9.59 Å². The van der Waals surface area contributed by atoms with Crippen molar-refractivity contribution in [1.82, 2.24) is 24.8 Å². The Morgan fingerprint density at radius 3 is 2.55 bits per heavy atom. The van der Waals surface area contributed by atoms with Gasteiger partial charge >= 0.3 is 0 Å². The van der Waals surface area contributed by atoms with Crippen LogP contribution >= 0.6 is 11.6 Å². The summed E-state index contributed by atoms with van der Waals surface area (Å²) in [5, 5.41) is 8.67. The summed E-state index contributed by atoms with van der Waals surface area (Å²) in [6.07, 6.45) is 3.21. The number of amides is 2. The van der Waals surface area contributed by atoms with Gasteiger partial charge in [0, 0.05) is 26.2 Å². The lowest BCUT2D eigenvalue weighted by molar-refractivity contribution is -0.134. The van der Waals surface area contributed by atoms with Crippen LogP contribution in [0.1, 0.15) is 43.2 Å². The lowest BCUT2D eigenvalue weighted by Crippen LogP contribution is -2.41. The van der Waals surface area contributed by atoms with Gasteiger partial charge in [0.1, 0.15) is 5.75 Å². The Bertz CT molecular complexity index is 844. The minimum Gasteiger partial charge on any atom is -0.482 e. The number of benzene rings is 1.